The summed E-state index contributed by atoms with van der Waals surface area (Å²) in [5.41, 5.74) is 5.27. The van der Waals surface area contributed by atoms with Gasteiger partial charge in [0.2, 0.25) is 11.8 Å². The van der Waals surface area contributed by atoms with Crippen molar-refractivity contribution in [1.29, 1.82) is 0 Å². The van der Waals surface area contributed by atoms with Crippen molar-refractivity contribution < 1.29 is 28.5 Å². The molecular formula is C14H26N2O6. The van der Waals surface area contributed by atoms with E-state index in [9.17, 15) is 9.59 Å². The largest absolute Gasteiger partial charge is 0.378 e. The van der Waals surface area contributed by atoms with Crippen molar-refractivity contribution in [3.05, 3.63) is 0 Å². The zero-order valence-electron chi connectivity index (χ0n) is 13.0. The summed E-state index contributed by atoms with van der Waals surface area (Å²) >= 11 is 0. The molecule has 2 N–H and O–H groups in total. The van der Waals surface area contributed by atoms with E-state index in [1.165, 1.54) is 4.90 Å². The molecule has 0 atom stereocenters. The second-order valence-corrected chi connectivity index (χ2v) is 4.68. The molecular weight excluding hydrogens is 292 g/mol. The molecule has 0 bridgehead atoms. The number of hydrogen-bond donors (Lipinski definition) is 1. The minimum Gasteiger partial charge on any atom is -0.378 e. The van der Waals surface area contributed by atoms with Crippen LogP contribution in [0.2, 0.25) is 0 Å². The Hall–Kier alpha value is -1.06. The number of imide groups is 1. The maximum absolute atomic E-state index is 11.3. The molecule has 0 radical (unpaired) electrons. The second kappa shape index (κ2) is 12.5. The molecule has 8 nitrogen and oxygen atoms in total. The highest BCUT2D eigenvalue weighted by Gasteiger charge is 2.27. The van der Waals surface area contributed by atoms with E-state index in [1.807, 2.05) is 0 Å². The van der Waals surface area contributed by atoms with Gasteiger partial charge in [-0.2, -0.15) is 0 Å². The SMILES string of the molecule is NCCOCCOCCOCCOCCN1C(=O)CCC1=O. The van der Waals surface area contributed by atoms with E-state index in [-0.39, 0.29) is 11.8 Å². The lowest BCUT2D eigenvalue weighted by Gasteiger charge is -2.13. The Balaban J connectivity index is 1.78. The molecule has 8 heteroatoms. The molecule has 1 saturated heterocycles. The lowest BCUT2D eigenvalue weighted by Crippen LogP contribution is -2.32. The molecule has 0 unspecified atom stereocenters. The van der Waals surface area contributed by atoms with Crippen molar-refractivity contribution in [1.82, 2.24) is 4.90 Å². The number of likely N-dealkylation sites (tertiary alicyclic amines) is 1. The molecule has 1 heterocycles. The Kier molecular flexibility index (Phi) is 10.8. The smallest absolute Gasteiger partial charge is 0.229 e. The Morgan fingerprint density at radius 1 is 0.727 bits per heavy atom. The average molecular weight is 318 g/mol. The summed E-state index contributed by atoms with van der Waals surface area (Å²) < 4.78 is 21.1. The number of hydrogen-bond acceptors (Lipinski definition) is 7. The van der Waals surface area contributed by atoms with Crippen LogP contribution < -0.4 is 5.73 Å². The van der Waals surface area contributed by atoms with Gasteiger partial charge in [0.25, 0.3) is 0 Å². The van der Waals surface area contributed by atoms with Gasteiger partial charge in [-0.1, -0.05) is 0 Å². The molecule has 1 aliphatic heterocycles. The first-order chi connectivity index (χ1) is 10.8. The summed E-state index contributed by atoms with van der Waals surface area (Å²) in [5, 5.41) is 0. The van der Waals surface area contributed by atoms with Gasteiger partial charge in [0, 0.05) is 19.4 Å². The van der Waals surface area contributed by atoms with Gasteiger partial charge in [-0.15, -0.1) is 0 Å². The molecule has 2 amide bonds. The zero-order chi connectivity index (χ0) is 16.0. The number of carbonyl (C=O) groups excluding carboxylic acids is 2. The third-order valence-electron chi connectivity index (χ3n) is 2.99. The monoisotopic (exact) mass is 318 g/mol. The third kappa shape index (κ3) is 8.40. The van der Waals surface area contributed by atoms with E-state index in [0.717, 1.165) is 0 Å². The normalized spacial score (nSPS) is 15.0. The first-order valence-corrected chi connectivity index (χ1v) is 7.60. The van der Waals surface area contributed by atoms with Gasteiger partial charge >= 0.3 is 0 Å². The van der Waals surface area contributed by atoms with Crippen LogP contribution in [0.1, 0.15) is 12.8 Å². The summed E-state index contributed by atoms with van der Waals surface area (Å²) in [6.45, 7) is 4.66. The quantitative estimate of drug-likeness (QED) is 0.329. The van der Waals surface area contributed by atoms with Gasteiger partial charge in [0.1, 0.15) is 0 Å². The molecule has 128 valence electrons. The highest BCUT2D eigenvalue weighted by molar-refractivity contribution is 6.01. The number of nitrogens with two attached hydrogens (primary N) is 1. The molecule has 0 aromatic rings. The van der Waals surface area contributed by atoms with Crippen LogP contribution in [0.3, 0.4) is 0 Å². The van der Waals surface area contributed by atoms with Crippen molar-refractivity contribution in [3.8, 4) is 0 Å². The molecule has 0 aromatic carbocycles. The standard InChI is InChI=1S/C14H26N2O6/c15-3-5-19-7-9-21-11-12-22-10-8-20-6-4-16-13(17)1-2-14(16)18/h1-12,15H2. The van der Waals surface area contributed by atoms with Gasteiger partial charge < -0.3 is 24.7 Å². The van der Waals surface area contributed by atoms with Crippen LogP contribution in [0.5, 0.6) is 0 Å². The van der Waals surface area contributed by atoms with Crippen LogP contribution in [-0.2, 0) is 28.5 Å². The number of nitrogens with zero attached hydrogens (tertiary/aromatic N) is 1. The molecule has 22 heavy (non-hydrogen) atoms. The Morgan fingerprint density at radius 2 is 1.14 bits per heavy atom. The highest BCUT2D eigenvalue weighted by Crippen LogP contribution is 2.10. The molecule has 1 rings (SSSR count). The molecule has 1 fully saturated rings. The average Bonchev–Trinajstić information content (AvgIpc) is 2.83. The van der Waals surface area contributed by atoms with E-state index in [1.54, 1.807) is 0 Å². The summed E-state index contributed by atoms with van der Waals surface area (Å²) in [7, 11) is 0. The van der Waals surface area contributed by atoms with Crippen LogP contribution in [0.25, 0.3) is 0 Å². The van der Waals surface area contributed by atoms with Crippen LogP contribution in [0, 0.1) is 0 Å². The lowest BCUT2D eigenvalue weighted by molar-refractivity contribution is -0.139. The predicted molar refractivity (Wildman–Crippen MR) is 78.3 cm³/mol. The van der Waals surface area contributed by atoms with Gasteiger partial charge in [-0.3, -0.25) is 14.5 Å². The number of amides is 2. The maximum atomic E-state index is 11.3. The molecule has 0 spiro atoms. The maximum Gasteiger partial charge on any atom is 0.229 e. The fourth-order valence-electron chi connectivity index (χ4n) is 1.87. The van der Waals surface area contributed by atoms with E-state index >= 15 is 0 Å². The van der Waals surface area contributed by atoms with Crippen LogP contribution in [0.15, 0.2) is 0 Å². The van der Waals surface area contributed by atoms with Crippen molar-refractivity contribution >= 4 is 11.8 Å². The summed E-state index contributed by atoms with van der Waals surface area (Å²) in [6, 6.07) is 0. The van der Waals surface area contributed by atoms with Crippen LogP contribution in [0.4, 0.5) is 0 Å². The summed E-state index contributed by atoms with van der Waals surface area (Å²) in [6.07, 6.45) is 0.637. The van der Waals surface area contributed by atoms with Crippen molar-refractivity contribution in [2.24, 2.45) is 5.73 Å². The highest BCUT2D eigenvalue weighted by atomic mass is 16.6. The lowest BCUT2D eigenvalue weighted by atomic mass is 10.4. The third-order valence-corrected chi connectivity index (χ3v) is 2.99. The molecule has 0 saturated carbocycles. The van der Waals surface area contributed by atoms with E-state index in [4.69, 9.17) is 24.7 Å². The Labute approximate surface area is 130 Å². The van der Waals surface area contributed by atoms with Gasteiger partial charge in [0.05, 0.1) is 59.4 Å². The summed E-state index contributed by atoms with van der Waals surface area (Å²) in [4.78, 5) is 23.9. The predicted octanol–water partition coefficient (Wildman–Crippen LogP) is -0.839. The van der Waals surface area contributed by atoms with Gasteiger partial charge in [0.15, 0.2) is 0 Å². The zero-order valence-corrected chi connectivity index (χ0v) is 13.0. The minimum atomic E-state index is -0.113. The van der Waals surface area contributed by atoms with Crippen molar-refractivity contribution in [3.63, 3.8) is 0 Å². The number of rotatable bonds is 14. The van der Waals surface area contributed by atoms with E-state index in [2.05, 4.69) is 0 Å². The van der Waals surface area contributed by atoms with Gasteiger partial charge in [-0.05, 0) is 0 Å². The first kappa shape index (κ1) is 19.0. The fourth-order valence-corrected chi connectivity index (χ4v) is 1.87. The Morgan fingerprint density at radius 3 is 1.59 bits per heavy atom. The van der Waals surface area contributed by atoms with Crippen LogP contribution in [-0.4, -0.2) is 82.7 Å². The minimum absolute atomic E-state index is 0.113. The van der Waals surface area contributed by atoms with Crippen molar-refractivity contribution in [2.45, 2.75) is 12.8 Å². The van der Waals surface area contributed by atoms with Crippen LogP contribution >= 0.6 is 0 Å². The summed E-state index contributed by atoms with van der Waals surface area (Å²) in [5.74, 6) is -0.227. The molecule has 1 aliphatic rings. The second-order valence-electron chi connectivity index (χ2n) is 4.68. The van der Waals surface area contributed by atoms with Gasteiger partial charge in [-0.25, -0.2) is 0 Å². The van der Waals surface area contributed by atoms with Crippen molar-refractivity contribution in [2.75, 3.05) is 65.9 Å². The molecule has 0 aliphatic carbocycles. The number of ether oxygens (including phenoxy) is 4. The van der Waals surface area contributed by atoms with E-state index < -0.39 is 0 Å². The van der Waals surface area contributed by atoms with E-state index in [0.29, 0.717) is 78.8 Å². The Bertz CT molecular complexity index is 310. The molecule has 0 aromatic heterocycles. The topological polar surface area (TPSA) is 100 Å². The number of carbonyl (C=O) groups is 2. The first-order valence-electron chi connectivity index (χ1n) is 7.60. The fraction of sp³-hybridized carbons (Fsp3) is 0.857.